The van der Waals surface area contributed by atoms with Crippen molar-refractivity contribution < 1.29 is 46.5 Å². The van der Waals surface area contributed by atoms with Crippen molar-refractivity contribution in [1.82, 2.24) is 9.55 Å². The van der Waals surface area contributed by atoms with Crippen LogP contribution in [0.4, 0.5) is 0 Å². The van der Waals surface area contributed by atoms with E-state index in [1.165, 1.54) is 22.8 Å². The first kappa shape index (κ1) is 25.2. The number of aromatic amines is 1. The molecule has 1 aromatic rings. The Labute approximate surface area is 172 Å². The minimum absolute atomic E-state index is 0.652. The number of hydrogen-bond acceptors (Lipinski definition) is 10. The third-order valence-corrected chi connectivity index (χ3v) is 6.43. The third-order valence-electron chi connectivity index (χ3n) is 4.32. The fourth-order valence-electron chi connectivity index (χ4n) is 3.08. The number of ether oxygens (including phenoxy) is 2. The Bertz CT molecular complexity index is 953. The highest BCUT2D eigenvalue weighted by Crippen LogP contribution is 2.54. The molecule has 1 aromatic heterocycles. The monoisotopic (exact) mass is 470 g/mol. The number of rotatable bonds is 9. The topological polar surface area (TPSA) is 185 Å². The van der Waals surface area contributed by atoms with Crippen molar-refractivity contribution in [3.05, 3.63) is 33.1 Å². The summed E-state index contributed by atoms with van der Waals surface area (Å²) in [6.07, 6.45) is -3.95. The van der Waals surface area contributed by atoms with Gasteiger partial charge in [0.15, 0.2) is 6.23 Å². The van der Waals surface area contributed by atoms with Crippen molar-refractivity contribution in [2.24, 2.45) is 0 Å². The molecule has 2 heterocycles. The van der Waals surface area contributed by atoms with Crippen LogP contribution in [0, 0.1) is 0 Å². The van der Waals surface area contributed by atoms with Crippen LogP contribution in [0.25, 0.3) is 0 Å². The first-order valence-corrected chi connectivity index (χ1v) is 11.4. The Hall–Kier alpha value is -1.05. The van der Waals surface area contributed by atoms with Gasteiger partial charge in [-0.1, -0.05) is 0 Å². The molecule has 0 saturated carbocycles. The maximum atomic E-state index is 12.6. The zero-order chi connectivity index (χ0) is 22.9. The summed E-state index contributed by atoms with van der Waals surface area (Å²) in [4.78, 5) is 44.2. The lowest BCUT2D eigenvalue weighted by Crippen LogP contribution is -2.52. The summed E-state index contributed by atoms with van der Waals surface area (Å²) in [5.74, 6) is 0. The van der Waals surface area contributed by atoms with Gasteiger partial charge in [-0.15, -0.1) is 0 Å². The molecule has 1 aliphatic rings. The van der Waals surface area contributed by atoms with Gasteiger partial charge in [-0.25, -0.2) is 13.9 Å². The number of H-pyrrole nitrogens is 1. The highest BCUT2D eigenvalue weighted by Gasteiger charge is 2.56. The number of nitrogens with one attached hydrogen (secondary N) is 1. The molecule has 168 valence electrons. The Morgan fingerprint density at radius 1 is 1.17 bits per heavy atom. The molecule has 0 aliphatic carbocycles. The van der Waals surface area contributed by atoms with E-state index in [0.717, 1.165) is 31.0 Å². The fraction of sp³-hybridized carbons (Fsp3) is 0.667. The lowest BCUT2D eigenvalue weighted by molar-refractivity contribution is -0.0777. The summed E-state index contributed by atoms with van der Waals surface area (Å²) in [7, 11) is -3.15. The van der Waals surface area contributed by atoms with Crippen LogP contribution in [0.2, 0.25) is 0 Å². The molecular formula is C12H22B2N2O12P2. The lowest BCUT2D eigenvalue weighted by Gasteiger charge is -2.35. The molecular weight excluding hydrogens is 448 g/mol. The van der Waals surface area contributed by atoms with Crippen LogP contribution in [-0.2, 0) is 36.7 Å². The highest BCUT2D eigenvalue weighted by molar-refractivity contribution is 7.48. The molecule has 0 bridgehead atoms. The Kier molecular flexibility index (Phi) is 7.74. The number of hydrogen-bond donors (Lipinski definition) is 3. The van der Waals surface area contributed by atoms with Crippen molar-refractivity contribution in [3.63, 3.8) is 0 Å². The van der Waals surface area contributed by atoms with Gasteiger partial charge in [-0.2, -0.15) is 0 Å². The Balaban J connectivity index is 2.56. The van der Waals surface area contributed by atoms with Crippen LogP contribution in [0.1, 0.15) is 6.23 Å². The molecule has 1 saturated heterocycles. The van der Waals surface area contributed by atoms with E-state index >= 15 is 0 Å². The maximum absolute atomic E-state index is 12.6. The summed E-state index contributed by atoms with van der Waals surface area (Å²) < 4.78 is 56.1. The molecule has 0 amide bonds. The molecule has 18 heteroatoms. The van der Waals surface area contributed by atoms with Crippen molar-refractivity contribution in [3.8, 4) is 0 Å². The number of nitrogens with zero attached hydrogens (tertiary/aromatic N) is 1. The van der Waals surface area contributed by atoms with E-state index in [1.807, 2.05) is 0 Å². The summed E-state index contributed by atoms with van der Waals surface area (Å²) in [6.45, 7) is 0. The van der Waals surface area contributed by atoms with Gasteiger partial charge >= 0.3 is 21.3 Å². The minimum Gasteiger partial charge on any atom is -0.374 e. The second-order valence-corrected chi connectivity index (χ2v) is 9.73. The van der Waals surface area contributed by atoms with E-state index in [4.69, 9.17) is 27.6 Å². The number of methoxy groups -OCH3 is 1. The van der Waals surface area contributed by atoms with E-state index < -0.39 is 56.8 Å². The van der Waals surface area contributed by atoms with Gasteiger partial charge < -0.3 is 19.3 Å². The molecule has 1 aliphatic heterocycles. The molecule has 30 heavy (non-hydrogen) atoms. The largest absolute Gasteiger partial charge is 0.474 e. The third kappa shape index (κ3) is 5.60. The van der Waals surface area contributed by atoms with E-state index in [9.17, 15) is 28.5 Å². The molecule has 4 atom stereocenters. The molecule has 3 N–H and O–H groups in total. The van der Waals surface area contributed by atoms with Gasteiger partial charge in [0, 0.05) is 39.0 Å². The SMILES string of the molecule is BC(B)(OP(=O)(O)O)C1OC(n2ccc(=O)[nH]c2=O)C(OC)C1OP(=O)(OC)OC. The smallest absolute Gasteiger partial charge is 0.374 e. The Morgan fingerprint density at radius 2 is 1.77 bits per heavy atom. The van der Waals surface area contributed by atoms with Crippen LogP contribution in [0.3, 0.4) is 0 Å². The zero-order valence-electron chi connectivity index (χ0n) is 16.8. The van der Waals surface area contributed by atoms with E-state index in [2.05, 4.69) is 4.98 Å². The molecule has 0 aromatic carbocycles. The van der Waals surface area contributed by atoms with Crippen molar-refractivity contribution in [2.45, 2.75) is 29.9 Å². The van der Waals surface area contributed by atoms with Gasteiger partial charge in [0.1, 0.15) is 34.0 Å². The molecule has 14 nitrogen and oxygen atoms in total. The van der Waals surface area contributed by atoms with Crippen molar-refractivity contribution >= 4 is 31.3 Å². The zero-order valence-corrected chi connectivity index (χ0v) is 18.6. The van der Waals surface area contributed by atoms with Gasteiger partial charge in [-0.3, -0.25) is 32.4 Å². The first-order chi connectivity index (χ1) is 13.8. The van der Waals surface area contributed by atoms with E-state index in [0.29, 0.717) is 0 Å². The molecule has 0 radical (unpaired) electrons. The summed E-state index contributed by atoms with van der Waals surface area (Å²) in [5, 5.41) is -1.73. The molecule has 4 unspecified atom stereocenters. The van der Waals surface area contributed by atoms with E-state index in [-0.39, 0.29) is 0 Å². The number of aromatic nitrogens is 2. The van der Waals surface area contributed by atoms with Crippen molar-refractivity contribution in [2.75, 3.05) is 21.3 Å². The predicted molar refractivity (Wildman–Crippen MR) is 105 cm³/mol. The average molecular weight is 470 g/mol. The van der Waals surface area contributed by atoms with Crippen LogP contribution < -0.4 is 11.2 Å². The first-order valence-electron chi connectivity index (χ1n) is 8.43. The van der Waals surface area contributed by atoms with Crippen LogP contribution in [0.15, 0.2) is 21.9 Å². The van der Waals surface area contributed by atoms with Crippen molar-refractivity contribution in [1.29, 1.82) is 0 Å². The second-order valence-electron chi connectivity index (χ2n) is 6.73. The predicted octanol–water partition coefficient (Wildman–Crippen LogP) is -2.74. The quantitative estimate of drug-likeness (QED) is 0.251. The highest BCUT2D eigenvalue weighted by atomic mass is 31.2. The summed E-state index contributed by atoms with van der Waals surface area (Å²) in [6, 6.07) is 1.06. The van der Waals surface area contributed by atoms with Crippen LogP contribution in [0.5, 0.6) is 0 Å². The van der Waals surface area contributed by atoms with Gasteiger partial charge in [-0.05, 0) is 0 Å². The summed E-state index contributed by atoms with van der Waals surface area (Å²) >= 11 is 0. The molecule has 1 fully saturated rings. The molecule has 0 spiro atoms. The van der Waals surface area contributed by atoms with Gasteiger partial charge in [0.2, 0.25) is 0 Å². The summed E-state index contributed by atoms with van der Waals surface area (Å²) in [5.41, 5.74) is -1.50. The fourth-order valence-corrected chi connectivity index (χ4v) is 4.65. The average Bonchev–Trinajstić information content (AvgIpc) is 2.98. The molecule has 2 rings (SSSR count). The van der Waals surface area contributed by atoms with Crippen LogP contribution >= 0.6 is 15.6 Å². The van der Waals surface area contributed by atoms with Gasteiger partial charge in [0.05, 0.1) is 0 Å². The Morgan fingerprint density at radius 3 is 2.23 bits per heavy atom. The maximum Gasteiger partial charge on any atom is 0.474 e. The number of phosphoric ester groups is 2. The minimum atomic E-state index is -4.99. The van der Waals surface area contributed by atoms with E-state index in [1.54, 1.807) is 0 Å². The van der Waals surface area contributed by atoms with Gasteiger partial charge in [0.25, 0.3) is 5.56 Å². The normalized spacial score (nSPS) is 25.5. The lowest BCUT2D eigenvalue weighted by atomic mass is 9.61. The standard InChI is InChI=1S/C12H22B2N2O12P2/c1-23-8-7(27-30(22,24-2)25-3)9(12(13,14)28-29(19,20)21)26-10(8)16-5-4-6(17)15-11(16)18/h4-5,7-10H,13-14H2,1-3H3,(H,15,17,18)(H2,19,20,21). The number of phosphoric acid groups is 2. The van der Waals surface area contributed by atoms with Crippen LogP contribution in [-0.4, -0.2) is 80.1 Å². The second kappa shape index (κ2) is 9.21.